The number of rotatable bonds is 5. The van der Waals surface area contributed by atoms with Gasteiger partial charge >= 0.3 is 0 Å². The number of aromatic nitrogens is 12. The van der Waals surface area contributed by atoms with Crippen LogP contribution in [0.5, 0.6) is 0 Å². The van der Waals surface area contributed by atoms with E-state index >= 15 is 0 Å². The summed E-state index contributed by atoms with van der Waals surface area (Å²) in [6, 6.07) is 18.8. The van der Waals surface area contributed by atoms with Crippen LogP contribution in [0.15, 0.2) is 133 Å². The maximum absolute atomic E-state index is 4.64. The molecule has 0 N–H and O–H groups in total. The molecule has 0 amide bonds. The number of hydrogen-bond donors (Lipinski definition) is 0. The largest absolute Gasteiger partial charge is 0.244 e. The van der Waals surface area contributed by atoms with Crippen LogP contribution in [0.25, 0.3) is 54.7 Å². The highest BCUT2D eigenvalue weighted by atomic mass is 79.9. The molecule has 0 fully saturated rings. The average molecular weight is 718 g/mol. The van der Waals surface area contributed by atoms with Gasteiger partial charge in [-0.15, -0.1) is 22.7 Å². The van der Waals surface area contributed by atoms with Crippen LogP contribution in [0.1, 0.15) is 0 Å². The molecule has 8 aromatic rings. The van der Waals surface area contributed by atoms with Crippen LogP contribution in [-0.2, 0) is 0 Å². The van der Waals surface area contributed by atoms with Crippen molar-refractivity contribution in [3.63, 3.8) is 0 Å². The van der Waals surface area contributed by atoms with Crippen molar-refractivity contribution in [1.82, 2.24) is 60.3 Å². The Morgan fingerprint density at radius 1 is 0.468 bits per heavy atom. The van der Waals surface area contributed by atoms with Gasteiger partial charge in [-0.2, -0.15) is 20.4 Å². The Kier molecular flexibility index (Phi) is 10.7. The lowest BCUT2D eigenvalue weighted by molar-refractivity contribution is 1.03. The summed E-state index contributed by atoms with van der Waals surface area (Å²) in [7, 11) is 0. The SMILES string of the molecule is Brc1cccc(-c2ncccn2)n1.c1cc(-c2nccs2)cnn1.c1cnc(-c2cccc(-c3cnc(-c4ccnnc4)s3)n2)nc1. The molecule has 15 heteroatoms. The van der Waals surface area contributed by atoms with Gasteiger partial charge in [0.1, 0.15) is 26.0 Å². The first-order valence-corrected chi connectivity index (χ1v) is 16.3. The first-order chi connectivity index (χ1) is 23.2. The fourth-order valence-corrected chi connectivity index (χ4v) is 5.67. The minimum Gasteiger partial charge on any atom is -0.244 e. The van der Waals surface area contributed by atoms with Crippen molar-refractivity contribution >= 4 is 38.6 Å². The Balaban J connectivity index is 0.000000136. The molecule has 8 heterocycles. The highest BCUT2D eigenvalue weighted by molar-refractivity contribution is 9.10. The summed E-state index contributed by atoms with van der Waals surface area (Å²) in [6.07, 6.45) is 17.1. The van der Waals surface area contributed by atoms with Crippen molar-refractivity contribution in [2.24, 2.45) is 0 Å². The molecule has 0 aliphatic heterocycles. The van der Waals surface area contributed by atoms with Crippen molar-refractivity contribution < 1.29 is 0 Å². The summed E-state index contributed by atoms with van der Waals surface area (Å²) in [6.45, 7) is 0. The summed E-state index contributed by atoms with van der Waals surface area (Å²) >= 11 is 6.45. The van der Waals surface area contributed by atoms with Gasteiger partial charge in [0, 0.05) is 53.7 Å². The van der Waals surface area contributed by atoms with Crippen molar-refractivity contribution in [1.29, 1.82) is 0 Å². The molecular weight excluding hydrogens is 696 g/mol. The molecule has 0 aromatic carbocycles. The normalized spacial score (nSPS) is 10.2. The fraction of sp³-hybridized carbons (Fsp3) is 0. The summed E-state index contributed by atoms with van der Waals surface area (Å²) in [4.78, 5) is 35.1. The van der Waals surface area contributed by atoms with E-state index in [0.29, 0.717) is 11.6 Å². The zero-order valence-electron chi connectivity index (χ0n) is 24.2. The van der Waals surface area contributed by atoms with Crippen molar-refractivity contribution in [3.05, 3.63) is 133 Å². The summed E-state index contributed by atoms with van der Waals surface area (Å²) in [5, 5.41) is 18.9. The number of halogens is 1. The molecule has 0 atom stereocenters. The van der Waals surface area contributed by atoms with Crippen LogP contribution in [0.4, 0.5) is 0 Å². The van der Waals surface area contributed by atoms with Crippen molar-refractivity contribution in [2.75, 3.05) is 0 Å². The van der Waals surface area contributed by atoms with Gasteiger partial charge in [0.2, 0.25) is 0 Å². The molecule has 228 valence electrons. The van der Waals surface area contributed by atoms with Crippen molar-refractivity contribution in [2.45, 2.75) is 0 Å². The smallest absolute Gasteiger partial charge is 0.178 e. The molecule has 0 saturated carbocycles. The lowest BCUT2D eigenvalue weighted by Crippen LogP contribution is -1.91. The molecule has 47 heavy (non-hydrogen) atoms. The predicted octanol–water partition coefficient (Wildman–Crippen LogP) is 7.02. The number of hydrogen-bond acceptors (Lipinski definition) is 14. The molecule has 8 aromatic heterocycles. The lowest BCUT2D eigenvalue weighted by Gasteiger charge is -2.01. The van der Waals surface area contributed by atoms with Crippen LogP contribution in [0.3, 0.4) is 0 Å². The minimum absolute atomic E-state index is 0.609. The topological polar surface area (TPSA) is 155 Å². The minimum atomic E-state index is 0.609. The second-order valence-corrected chi connectivity index (χ2v) is 11.8. The summed E-state index contributed by atoms with van der Waals surface area (Å²) in [5.41, 5.74) is 4.33. The molecule has 0 radical (unpaired) electrons. The van der Waals surface area contributed by atoms with E-state index in [1.807, 2.05) is 60.1 Å². The van der Waals surface area contributed by atoms with E-state index in [1.165, 1.54) is 0 Å². The van der Waals surface area contributed by atoms with E-state index in [0.717, 1.165) is 47.7 Å². The average Bonchev–Trinajstić information content (AvgIpc) is 3.88. The molecular formula is C32H21BrN12S2. The van der Waals surface area contributed by atoms with E-state index in [-0.39, 0.29) is 0 Å². The van der Waals surface area contributed by atoms with E-state index in [4.69, 9.17) is 0 Å². The van der Waals surface area contributed by atoms with E-state index in [9.17, 15) is 0 Å². The zero-order valence-corrected chi connectivity index (χ0v) is 27.4. The predicted molar refractivity (Wildman–Crippen MR) is 183 cm³/mol. The van der Waals surface area contributed by atoms with Gasteiger partial charge in [0.15, 0.2) is 11.6 Å². The molecule has 0 bridgehead atoms. The molecule has 8 rings (SSSR count). The number of thiazole rings is 2. The van der Waals surface area contributed by atoms with Gasteiger partial charge in [-0.3, -0.25) is 0 Å². The Morgan fingerprint density at radius 3 is 1.64 bits per heavy atom. The number of pyridine rings is 2. The highest BCUT2D eigenvalue weighted by Crippen LogP contribution is 2.31. The second-order valence-electron chi connectivity index (χ2n) is 9.03. The van der Waals surface area contributed by atoms with Crippen LogP contribution >= 0.6 is 38.6 Å². The first-order valence-electron chi connectivity index (χ1n) is 13.8. The van der Waals surface area contributed by atoms with Gasteiger partial charge in [-0.05, 0) is 64.5 Å². The van der Waals surface area contributed by atoms with Crippen LogP contribution in [0, 0.1) is 0 Å². The van der Waals surface area contributed by atoms with E-state index in [2.05, 4.69) is 76.2 Å². The molecule has 0 saturated heterocycles. The standard InChI is InChI=1S/C16H10N6S.C9H6BrN3.C7H5N3S/c1-3-12(22-13(4-1)15-17-6-2-7-18-15)14-10-19-16(23-14)11-5-8-20-21-9-11;10-8-4-1-3-7(13-8)9-11-5-2-6-12-9;1-2-9-10-5-6(1)7-8-3-4-11-7/h1-10H;1-6H;1-5H. The third-order valence-electron chi connectivity index (χ3n) is 5.91. The van der Waals surface area contributed by atoms with Gasteiger partial charge in [0.25, 0.3) is 0 Å². The Labute approximate surface area is 285 Å². The monoisotopic (exact) mass is 716 g/mol. The van der Waals surface area contributed by atoms with Gasteiger partial charge in [-0.25, -0.2) is 39.9 Å². The van der Waals surface area contributed by atoms with Crippen LogP contribution in [0.2, 0.25) is 0 Å². The molecule has 0 aliphatic rings. The second kappa shape index (κ2) is 16.1. The summed E-state index contributed by atoms with van der Waals surface area (Å²) in [5.74, 6) is 1.25. The van der Waals surface area contributed by atoms with Crippen molar-refractivity contribution in [3.8, 4) is 54.7 Å². The van der Waals surface area contributed by atoms with Gasteiger partial charge < -0.3 is 0 Å². The van der Waals surface area contributed by atoms with Crippen LogP contribution < -0.4 is 0 Å². The highest BCUT2D eigenvalue weighted by Gasteiger charge is 2.10. The van der Waals surface area contributed by atoms with E-state index in [1.54, 1.807) is 90.6 Å². The van der Waals surface area contributed by atoms with Gasteiger partial charge in [-0.1, -0.05) is 12.1 Å². The quantitative estimate of drug-likeness (QED) is 0.168. The molecule has 0 aliphatic carbocycles. The maximum atomic E-state index is 4.64. The van der Waals surface area contributed by atoms with Crippen LogP contribution in [-0.4, -0.2) is 60.3 Å². The molecule has 0 unspecified atom stereocenters. The molecule has 12 nitrogen and oxygen atoms in total. The fourth-order valence-electron chi connectivity index (χ4n) is 3.82. The maximum Gasteiger partial charge on any atom is 0.178 e. The Hall–Kier alpha value is -5.64. The Morgan fingerprint density at radius 2 is 1.06 bits per heavy atom. The zero-order chi connectivity index (χ0) is 32.1. The lowest BCUT2D eigenvalue weighted by atomic mass is 10.2. The third kappa shape index (κ3) is 8.76. The van der Waals surface area contributed by atoms with E-state index < -0.39 is 0 Å². The third-order valence-corrected chi connectivity index (χ3v) is 8.24. The first kappa shape index (κ1) is 31.3. The number of nitrogens with zero attached hydrogens (tertiary/aromatic N) is 12. The van der Waals surface area contributed by atoms with Gasteiger partial charge in [0.05, 0.1) is 35.4 Å². The summed E-state index contributed by atoms with van der Waals surface area (Å²) < 4.78 is 0.789. The Bertz CT molecular complexity index is 2100. The molecule has 0 spiro atoms.